The third kappa shape index (κ3) is 6.65. The number of hydrogen-bond donors (Lipinski definition) is 3. The molecule has 0 atom stereocenters. The normalized spacial score (nSPS) is 10.1. The largest absolute Gasteiger partial charge is 0.497 e. The molecular weight excluding hydrogens is 418 g/mol. The molecule has 2 amide bonds. The Hall–Kier alpha value is -3.71. The molecule has 31 heavy (non-hydrogen) atoms. The second kappa shape index (κ2) is 10.9. The number of benzene rings is 3. The molecule has 0 aliphatic heterocycles. The van der Waals surface area contributed by atoms with Crippen LogP contribution in [0.15, 0.2) is 72.8 Å². The minimum Gasteiger partial charge on any atom is -0.497 e. The third-order valence-electron chi connectivity index (χ3n) is 4.28. The van der Waals surface area contributed by atoms with Gasteiger partial charge in [-0.15, -0.1) is 0 Å². The number of hydrazine groups is 1. The van der Waals surface area contributed by atoms with Gasteiger partial charge < -0.3 is 14.8 Å². The highest BCUT2D eigenvalue weighted by Crippen LogP contribution is 2.30. The van der Waals surface area contributed by atoms with Gasteiger partial charge in [-0.2, -0.15) is 0 Å². The van der Waals surface area contributed by atoms with Crippen molar-refractivity contribution in [3.63, 3.8) is 0 Å². The number of carbonyl (C=O) groups excluding carboxylic acids is 2. The number of rotatable bonds is 8. The lowest BCUT2D eigenvalue weighted by molar-refractivity contribution is -0.129. The zero-order chi connectivity index (χ0) is 22.1. The van der Waals surface area contributed by atoms with Gasteiger partial charge in [0.1, 0.15) is 11.5 Å². The Bertz CT molecular complexity index is 1030. The van der Waals surface area contributed by atoms with Gasteiger partial charge in [0.15, 0.2) is 6.61 Å². The van der Waals surface area contributed by atoms with Crippen molar-refractivity contribution < 1.29 is 19.1 Å². The van der Waals surface area contributed by atoms with Gasteiger partial charge in [-0.25, -0.2) is 0 Å². The highest BCUT2D eigenvalue weighted by molar-refractivity contribution is 6.32. The zero-order valence-electron chi connectivity index (χ0n) is 16.9. The van der Waals surface area contributed by atoms with Gasteiger partial charge in [0, 0.05) is 5.69 Å². The maximum absolute atomic E-state index is 11.9. The molecule has 0 heterocycles. The molecule has 0 radical (unpaired) electrons. The predicted molar refractivity (Wildman–Crippen MR) is 120 cm³/mol. The molecule has 3 aromatic rings. The van der Waals surface area contributed by atoms with Gasteiger partial charge in [0.25, 0.3) is 11.8 Å². The number of amides is 2. The standard InChI is InChI=1S/C23H22ClN3O4/c1-30-19-10-8-18(9-11-19)25-14-22(28)26-27-23(29)15-31-21-12-7-17(13-20(21)24)16-5-3-2-4-6-16/h2-13,25H,14-15H2,1H3,(H,26,28)(H,27,29). The molecule has 0 unspecified atom stereocenters. The minimum atomic E-state index is -0.513. The molecule has 8 heteroatoms. The first-order valence-corrected chi connectivity index (χ1v) is 9.86. The molecule has 0 bridgehead atoms. The van der Waals surface area contributed by atoms with Crippen molar-refractivity contribution in [1.82, 2.24) is 10.9 Å². The van der Waals surface area contributed by atoms with E-state index in [0.717, 1.165) is 22.6 Å². The van der Waals surface area contributed by atoms with Crippen LogP contribution in [-0.2, 0) is 9.59 Å². The van der Waals surface area contributed by atoms with E-state index < -0.39 is 11.8 Å². The van der Waals surface area contributed by atoms with Crippen LogP contribution in [0.5, 0.6) is 11.5 Å². The summed E-state index contributed by atoms with van der Waals surface area (Å²) in [5.74, 6) is 0.177. The number of methoxy groups -OCH3 is 1. The molecule has 0 saturated heterocycles. The molecule has 3 N–H and O–H groups in total. The summed E-state index contributed by atoms with van der Waals surface area (Å²) in [6.07, 6.45) is 0. The van der Waals surface area contributed by atoms with Gasteiger partial charge in [-0.3, -0.25) is 20.4 Å². The minimum absolute atomic E-state index is 0.0136. The average Bonchev–Trinajstić information content (AvgIpc) is 2.81. The van der Waals surface area contributed by atoms with Crippen LogP contribution in [0.25, 0.3) is 11.1 Å². The van der Waals surface area contributed by atoms with E-state index in [1.54, 1.807) is 43.5 Å². The summed E-state index contributed by atoms with van der Waals surface area (Å²) in [5.41, 5.74) is 7.34. The molecule has 0 saturated carbocycles. The first-order valence-electron chi connectivity index (χ1n) is 9.48. The van der Waals surface area contributed by atoms with E-state index in [4.69, 9.17) is 21.1 Å². The van der Waals surface area contributed by atoms with Gasteiger partial charge in [0.05, 0.1) is 18.7 Å². The lowest BCUT2D eigenvalue weighted by Gasteiger charge is -2.11. The van der Waals surface area contributed by atoms with E-state index in [1.165, 1.54) is 0 Å². The number of ether oxygens (including phenoxy) is 2. The van der Waals surface area contributed by atoms with Crippen molar-refractivity contribution in [2.24, 2.45) is 0 Å². The van der Waals surface area contributed by atoms with E-state index >= 15 is 0 Å². The summed E-state index contributed by atoms with van der Waals surface area (Å²) in [6.45, 7) is -0.309. The number of nitrogens with one attached hydrogen (secondary N) is 3. The van der Waals surface area contributed by atoms with Gasteiger partial charge >= 0.3 is 0 Å². The van der Waals surface area contributed by atoms with E-state index in [2.05, 4.69) is 16.2 Å². The molecule has 160 valence electrons. The second-order valence-electron chi connectivity index (χ2n) is 6.48. The molecule has 3 rings (SSSR count). The first kappa shape index (κ1) is 22.0. The molecule has 0 fully saturated rings. The van der Waals surface area contributed by atoms with Crippen molar-refractivity contribution >= 4 is 29.1 Å². The number of anilines is 1. The van der Waals surface area contributed by atoms with Crippen LogP contribution in [-0.4, -0.2) is 32.1 Å². The molecule has 0 aromatic heterocycles. The highest BCUT2D eigenvalue weighted by Gasteiger charge is 2.09. The van der Waals surface area contributed by atoms with Crippen molar-refractivity contribution in [3.05, 3.63) is 77.8 Å². The van der Waals surface area contributed by atoms with Crippen LogP contribution in [0.3, 0.4) is 0 Å². The second-order valence-corrected chi connectivity index (χ2v) is 6.89. The lowest BCUT2D eigenvalue weighted by Crippen LogP contribution is -2.45. The first-order chi connectivity index (χ1) is 15.0. The Labute approximate surface area is 185 Å². The van der Waals surface area contributed by atoms with Crippen LogP contribution < -0.4 is 25.6 Å². The van der Waals surface area contributed by atoms with Gasteiger partial charge in [-0.1, -0.05) is 48.0 Å². The summed E-state index contributed by atoms with van der Waals surface area (Å²) >= 11 is 6.27. The third-order valence-corrected chi connectivity index (χ3v) is 4.58. The molecule has 0 aliphatic rings. The Balaban J connectivity index is 1.41. The Kier molecular flexibility index (Phi) is 7.73. The molecule has 3 aromatic carbocycles. The van der Waals surface area contributed by atoms with Crippen molar-refractivity contribution in [3.8, 4) is 22.6 Å². The SMILES string of the molecule is COc1ccc(NCC(=O)NNC(=O)COc2ccc(-c3ccccc3)cc2Cl)cc1. The summed E-state index contributed by atoms with van der Waals surface area (Å²) in [7, 11) is 1.58. The fourth-order valence-corrected chi connectivity index (χ4v) is 2.92. The fraction of sp³-hybridized carbons (Fsp3) is 0.130. The van der Waals surface area contributed by atoms with E-state index in [-0.39, 0.29) is 13.2 Å². The Morgan fingerprint density at radius 2 is 1.58 bits per heavy atom. The fourth-order valence-electron chi connectivity index (χ4n) is 2.68. The predicted octanol–water partition coefficient (Wildman–Crippen LogP) is 3.65. The topological polar surface area (TPSA) is 88.7 Å². The van der Waals surface area contributed by atoms with Gasteiger partial charge in [0.2, 0.25) is 0 Å². The Morgan fingerprint density at radius 3 is 2.26 bits per heavy atom. The van der Waals surface area contributed by atoms with Crippen LogP contribution in [0, 0.1) is 0 Å². The smallest absolute Gasteiger partial charge is 0.276 e. The van der Waals surface area contributed by atoms with Crippen molar-refractivity contribution in [1.29, 1.82) is 0 Å². The number of hydrogen-bond acceptors (Lipinski definition) is 5. The molecular formula is C23H22ClN3O4. The van der Waals surface area contributed by atoms with Crippen molar-refractivity contribution in [2.75, 3.05) is 25.6 Å². The lowest BCUT2D eigenvalue weighted by atomic mass is 10.1. The summed E-state index contributed by atoms with van der Waals surface area (Å²) in [5, 5.41) is 3.33. The molecule has 0 aliphatic carbocycles. The van der Waals surface area contributed by atoms with Crippen LogP contribution in [0.4, 0.5) is 5.69 Å². The maximum Gasteiger partial charge on any atom is 0.276 e. The summed E-state index contributed by atoms with van der Waals surface area (Å²) in [6, 6.07) is 22.2. The summed E-state index contributed by atoms with van der Waals surface area (Å²) < 4.78 is 10.5. The summed E-state index contributed by atoms with van der Waals surface area (Å²) in [4.78, 5) is 23.8. The zero-order valence-corrected chi connectivity index (χ0v) is 17.6. The van der Waals surface area contributed by atoms with Gasteiger partial charge in [-0.05, 0) is 47.5 Å². The van der Waals surface area contributed by atoms with E-state index in [0.29, 0.717) is 10.8 Å². The average molecular weight is 440 g/mol. The Morgan fingerprint density at radius 1 is 0.871 bits per heavy atom. The van der Waals surface area contributed by atoms with E-state index in [9.17, 15) is 9.59 Å². The van der Waals surface area contributed by atoms with Crippen LogP contribution in [0.1, 0.15) is 0 Å². The maximum atomic E-state index is 11.9. The van der Waals surface area contributed by atoms with Crippen LogP contribution >= 0.6 is 11.6 Å². The monoisotopic (exact) mass is 439 g/mol. The van der Waals surface area contributed by atoms with Crippen molar-refractivity contribution in [2.45, 2.75) is 0 Å². The van der Waals surface area contributed by atoms with E-state index in [1.807, 2.05) is 36.4 Å². The quantitative estimate of drug-likeness (QED) is 0.466. The highest BCUT2D eigenvalue weighted by atomic mass is 35.5. The number of halogens is 1. The molecule has 7 nitrogen and oxygen atoms in total. The molecule has 0 spiro atoms. The van der Waals surface area contributed by atoms with Crippen LogP contribution in [0.2, 0.25) is 5.02 Å². The number of carbonyl (C=O) groups is 2.